The van der Waals surface area contributed by atoms with E-state index < -0.39 is 71.3 Å². The summed E-state index contributed by atoms with van der Waals surface area (Å²) in [6.45, 7) is 11.2. The number of ether oxygens (including phenoxy) is 6. The van der Waals surface area contributed by atoms with E-state index in [-0.39, 0.29) is 61.6 Å². The minimum absolute atomic E-state index is 0.0475. The van der Waals surface area contributed by atoms with E-state index in [1.807, 2.05) is 69.5 Å². The van der Waals surface area contributed by atoms with Gasteiger partial charge in [0.1, 0.15) is 30.6 Å². The van der Waals surface area contributed by atoms with Gasteiger partial charge in [0.15, 0.2) is 11.6 Å². The van der Waals surface area contributed by atoms with Crippen LogP contribution in [-0.2, 0) is 47.6 Å². The van der Waals surface area contributed by atoms with Crippen LogP contribution in [0.2, 0.25) is 0 Å². The molecule has 1 saturated carbocycles. The van der Waals surface area contributed by atoms with Gasteiger partial charge in [0, 0.05) is 68.7 Å². The first-order valence-corrected chi connectivity index (χ1v) is 25.5. The first-order chi connectivity index (χ1) is 32.4. The molecule has 15 heteroatoms. The van der Waals surface area contributed by atoms with Crippen LogP contribution >= 0.6 is 11.3 Å². The van der Waals surface area contributed by atoms with Crippen molar-refractivity contribution in [2.75, 3.05) is 34.5 Å². The average Bonchev–Trinajstić information content (AvgIpc) is 3.81. The highest BCUT2D eigenvalue weighted by molar-refractivity contribution is 7.17. The number of carbonyl (C=O) groups is 5. The number of carbonyl (C=O) groups excluding carboxylic acids is 5. The molecule has 2 N–H and O–H groups in total. The molecular formula is C53H75NO13S. The number of hydrogen-bond donors (Lipinski definition) is 2. The molecule has 2 saturated heterocycles. The molecular weight excluding hydrogens is 891 g/mol. The fourth-order valence-electron chi connectivity index (χ4n) is 11.0. The predicted molar refractivity (Wildman–Crippen MR) is 258 cm³/mol. The molecule has 1 aromatic carbocycles. The van der Waals surface area contributed by atoms with Crippen molar-refractivity contribution < 1.29 is 62.6 Å². The Labute approximate surface area is 406 Å². The van der Waals surface area contributed by atoms with Crippen molar-refractivity contribution in [2.45, 2.75) is 167 Å². The van der Waals surface area contributed by atoms with E-state index in [2.05, 4.69) is 0 Å². The van der Waals surface area contributed by atoms with Crippen molar-refractivity contribution >= 4 is 50.6 Å². The molecule has 0 spiro atoms. The van der Waals surface area contributed by atoms with Gasteiger partial charge in [-0.15, -0.1) is 11.3 Å². The number of benzene rings is 1. The second kappa shape index (κ2) is 23.5. The van der Waals surface area contributed by atoms with E-state index in [0.29, 0.717) is 75.3 Å². The summed E-state index contributed by atoms with van der Waals surface area (Å²) in [7, 11) is 4.58. The number of aliphatic hydroxyl groups excluding tert-OH is 1. The van der Waals surface area contributed by atoms with Crippen molar-refractivity contribution in [3.63, 3.8) is 0 Å². The van der Waals surface area contributed by atoms with E-state index in [4.69, 9.17) is 28.4 Å². The van der Waals surface area contributed by atoms with Crippen LogP contribution in [0.15, 0.2) is 52.9 Å². The third kappa shape index (κ3) is 12.1. The van der Waals surface area contributed by atoms with E-state index in [1.54, 1.807) is 32.3 Å². The number of methoxy groups -OCH3 is 3. The number of thiophene rings is 1. The van der Waals surface area contributed by atoms with Gasteiger partial charge in [-0.2, -0.15) is 0 Å². The van der Waals surface area contributed by atoms with Gasteiger partial charge in [-0.3, -0.25) is 19.2 Å². The van der Waals surface area contributed by atoms with Crippen LogP contribution in [0.1, 0.15) is 129 Å². The SMILES string of the molecule is CCC1C=C(C)CC(C)CC(OC)(OC)C2CCC(C)C(O)(O2)C(=O)C(=O)N2CCCCC2C(=O)OC(C(C)=CC2CCC(OCC(=O)c3ccc4sccc4c3)C(OC)C2)C(C)C(O)CC1=O. The Morgan fingerprint density at radius 3 is 2.43 bits per heavy atom. The van der Waals surface area contributed by atoms with Gasteiger partial charge in [0.25, 0.3) is 11.7 Å². The topological polar surface area (TPSA) is 184 Å². The number of allylic oxidation sites excluding steroid dienone is 3. The van der Waals surface area contributed by atoms with Gasteiger partial charge < -0.3 is 43.5 Å². The van der Waals surface area contributed by atoms with Gasteiger partial charge >= 0.3 is 5.97 Å². The Kier molecular flexibility index (Phi) is 18.5. The number of fused-ring (bicyclic) bond motifs is 4. The predicted octanol–water partition coefficient (Wildman–Crippen LogP) is 7.94. The second-order valence-electron chi connectivity index (χ2n) is 20.0. The zero-order chi connectivity index (χ0) is 49.5. The van der Waals surface area contributed by atoms with Crippen LogP contribution in [0, 0.1) is 29.6 Å². The largest absolute Gasteiger partial charge is 0.456 e. The number of Topliss-reactive ketones (excluding diaryl/α,β-unsaturated/α-hetero) is 3. The molecule has 376 valence electrons. The minimum atomic E-state index is -2.53. The molecule has 4 aliphatic rings. The molecule has 2 bridgehead atoms. The number of hydrogen-bond acceptors (Lipinski definition) is 14. The maximum absolute atomic E-state index is 14.5. The maximum atomic E-state index is 14.5. The Hall–Kier alpha value is -3.67. The summed E-state index contributed by atoms with van der Waals surface area (Å²) in [5, 5.41) is 27.0. The Morgan fingerprint density at radius 1 is 0.971 bits per heavy atom. The van der Waals surface area contributed by atoms with E-state index in [0.717, 1.165) is 15.7 Å². The molecule has 3 fully saturated rings. The number of piperidine rings is 1. The normalized spacial score (nSPS) is 34.2. The molecule has 68 heavy (non-hydrogen) atoms. The summed E-state index contributed by atoms with van der Waals surface area (Å²) in [6, 6.07) is 6.49. The average molecular weight is 966 g/mol. The van der Waals surface area contributed by atoms with Gasteiger partial charge in [-0.05, 0) is 130 Å². The van der Waals surface area contributed by atoms with Crippen molar-refractivity contribution in [1.29, 1.82) is 0 Å². The summed E-state index contributed by atoms with van der Waals surface area (Å²) >= 11 is 1.62. The lowest BCUT2D eigenvalue weighted by Crippen LogP contribution is -2.64. The standard InChI is InChI=1S/C53H75NO13S/c1-10-37-24-31(2)23-32(3)29-52(63-8,64-9)47-19-14-34(5)53(61,67-47)49(58)50(59)54-21-12-11-13-40(54)51(60)66-48(35(6)41(55)28-42(37)56)33(4)25-36-15-17-44(45(26-36)62-7)65-30-43(57)38-16-18-46-39(27-38)20-22-68-46/h16,18,20,22,24-25,27,32,34-37,40-41,44-45,47-48,55,61H,10-15,17,19,21,23,26,28-30H2,1-9H3. The van der Waals surface area contributed by atoms with Crippen LogP contribution in [0.25, 0.3) is 10.1 Å². The van der Waals surface area contributed by atoms with Crippen LogP contribution in [-0.4, -0.2) is 127 Å². The third-order valence-corrected chi connectivity index (χ3v) is 16.1. The van der Waals surface area contributed by atoms with E-state index in [9.17, 15) is 34.2 Å². The van der Waals surface area contributed by atoms with Crippen molar-refractivity contribution in [1.82, 2.24) is 4.90 Å². The highest BCUT2D eigenvalue weighted by atomic mass is 32.1. The minimum Gasteiger partial charge on any atom is -0.456 e. The maximum Gasteiger partial charge on any atom is 0.329 e. The summed E-state index contributed by atoms with van der Waals surface area (Å²) in [5.74, 6) is -9.25. The number of ketones is 3. The zero-order valence-electron chi connectivity index (χ0n) is 41.5. The summed E-state index contributed by atoms with van der Waals surface area (Å²) in [4.78, 5) is 71.7. The summed E-state index contributed by atoms with van der Waals surface area (Å²) in [6.07, 6.45) is 5.27. The number of cyclic esters (lactones) is 1. The molecule has 1 aliphatic carbocycles. The van der Waals surface area contributed by atoms with Crippen LogP contribution in [0.4, 0.5) is 0 Å². The van der Waals surface area contributed by atoms with Crippen molar-refractivity contribution in [3.05, 3.63) is 58.5 Å². The number of amides is 1. The van der Waals surface area contributed by atoms with Gasteiger partial charge in [-0.1, -0.05) is 45.4 Å². The molecule has 4 heterocycles. The van der Waals surface area contributed by atoms with Crippen LogP contribution < -0.4 is 0 Å². The summed E-state index contributed by atoms with van der Waals surface area (Å²) in [5.41, 5.74) is 2.20. The van der Waals surface area contributed by atoms with Crippen molar-refractivity contribution in [3.8, 4) is 0 Å². The third-order valence-electron chi connectivity index (χ3n) is 15.2. The van der Waals surface area contributed by atoms with Crippen LogP contribution in [0.3, 0.4) is 0 Å². The molecule has 1 aromatic heterocycles. The molecule has 6 rings (SSSR count). The Bertz CT molecular complexity index is 2160. The van der Waals surface area contributed by atoms with E-state index >= 15 is 0 Å². The van der Waals surface area contributed by atoms with Gasteiger partial charge in [0.2, 0.25) is 5.79 Å². The Morgan fingerprint density at radius 2 is 1.72 bits per heavy atom. The first-order valence-electron chi connectivity index (χ1n) is 24.7. The highest BCUT2D eigenvalue weighted by Crippen LogP contribution is 2.42. The molecule has 3 aliphatic heterocycles. The first kappa shape index (κ1) is 53.7. The molecule has 1 amide bonds. The molecule has 12 atom stereocenters. The second-order valence-corrected chi connectivity index (χ2v) is 21.0. The molecule has 12 unspecified atom stereocenters. The number of rotatable bonds is 10. The van der Waals surface area contributed by atoms with Crippen molar-refractivity contribution in [2.24, 2.45) is 29.6 Å². The van der Waals surface area contributed by atoms with Crippen LogP contribution in [0.5, 0.6) is 0 Å². The number of aliphatic hydroxyl groups is 2. The molecule has 2 aromatic rings. The molecule has 0 radical (unpaired) electrons. The Balaban J connectivity index is 1.27. The quantitative estimate of drug-likeness (QED) is 0.0770. The van der Waals surface area contributed by atoms with Gasteiger partial charge in [-0.25, -0.2) is 4.79 Å². The van der Waals surface area contributed by atoms with Gasteiger partial charge in [0.05, 0.1) is 18.3 Å². The number of nitrogens with zero attached hydrogens (tertiary/aromatic N) is 1. The zero-order valence-corrected chi connectivity index (χ0v) is 42.3. The highest BCUT2D eigenvalue weighted by Gasteiger charge is 2.57. The fraction of sp³-hybridized carbons (Fsp3) is 0.679. The number of esters is 1. The monoisotopic (exact) mass is 965 g/mol. The summed E-state index contributed by atoms with van der Waals surface area (Å²) < 4.78 is 37.9. The molecule has 14 nitrogen and oxygen atoms in total. The lowest BCUT2D eigenvalue weighted by Gasteiger charge is -2.48. The lowest BCUT2D eigenvalue weighted by molar-refractivity contribution is -0.344. The van der Waals surface area contributed by atoms with E-state index in [1.165, 1.54) is 19.1 Å². The lowest BCUT2D eigenvalue weighted by atomic mass is 9.81. The fourth-order valence-corrected chi connectivity index (χ4v) is 11.8. The smallest absolute Gasteiger partial charge is 0.329 e.